The van der Waals surface area contributed by atoms with E-state index < -0.39 is 5.60 Å². The zero-order valence-corrected chi connectivity index (χ0v) is 20.9. The lowest BCUT2D eigenvalue weighted by Crippen LogP contribution is -2.27. The number of aliphatic hydroxyl groups is 1. The van der Waals surface area contributed by atoms with E-state index in [4.69, 9.17) is 0 Å². The van der Waals surface area contributed by atoms with Crippen LogP contribution in [0, 0.1) is 0 Å². The van der Waals surface area contributed by atoms with Gasteiger partial charge in [-0.2, -0.15) is 4.98 Å². The Morgan fingerprint density at radius 2 is 1.89 bits per heavy atom. The highest BCUT2D eigenvalue weighted by Gasteiger charge is 2.23. The minimum atomic E-state index is -1.10. The van der Waals surface area contributed by atoms with Gasteiger partial charge in [0.1, 0.15) is 22.8 Å². The summed E-state index contributed by atoms with van der Waals surface area (Å²) in [7, 11) is 4.22. The summed E-state index contributed by atoms with van der Waals surface area (Å²) >= 11 is 0. The van der Waals surface area contributed by atoms with Gasteiger partial charge in [-0.15, -0.1) is 0 Å². The number of amides is 1. The Morgan fingerprint density at radius 1 is 1.11 bits per heavy atom. The smallest absolute Gasteiger partial charge is 0.256 e. The lowest BCUT2D eigenvalue weighted by atomic mass is 10.1. The molecule has 0 saturated heterocycles. The molecule has 0 fully saturated rings. The number of rotatable bonds is 8. The van der Waals surface area contributed by atoms with Gasteiger partial charge in [0.15, 0.2) is 0 Å². The van der Waals surface area contributed by atoms with Crippen LogP contribution in [0.3, 0.4) is 0 Å². The third-order valence-corrected chi connectivity index (χ3v) is 6.10. The molecule has 0 aliphatic heterocycles. The zero-order chi connectivity index (χ0) is 25.2. The molecule has 4 N–H and O–H groups in total. The molecule has 4 rings (SSSR count). The Labute approximate surface area is 206 Å². The molecule has 9 nitrogen and oxygen atoms in total. The average Bonchev–Trinajstić information content (AvgIpc) is 3.23. The summed E-state index contributed by atoms with van der Waals surface area (Å²) < 4.78 is 0. The molecule has 2 heterocycles. The van der Waals surface area contributed by atoms with E-state index in [1.165, 1.54) is 17.3 Å². The number of fused-ring (bicyclic) bond motifs is 1. The minimum absolute atomic E-state index is 0.285. The maximum atomic E-state index is 12.6. The Hall–Kier alpha value is -3.56. The van der Waals surface area contributed by atoms with Gasteiger partial charge < -0.3 is 26.0 Å². The number of benzene rings is 1. The second-order valence-corrected chi connectivity index (χ2v) is 9.54. The molecule has 1 unspecified atom stereocenters. The first-order valence-corrected chi connectivity index (χ1v) is 11.8. The molecule has 0 bridgehead atoms. The second kappa shape index (κ2) is 9.97. The highest BCUT2D eigenvalue weighted by atomic mass is 16.3. The van der Waals surface area contributed by atoms with Crippen LogP contribution in [-0.4, -0.2) is 57.5 Å². The third-order valence-electron chi connectivity index (χ3n) is 6.10. The molecule has 1 aromatic carbocycles. The van der Waals surface area contributed by atoms with Gasteiger partial charge in [-0.1, -0.05) is 12.1 Å². The van der Waals surface area contributed by atoms with Crippen LogP contribution in [0.4, 0.5) is 23.3 Å². The SMILES string of the molecule is CCNC(=O)c1cnc(Nc2ccc3c(c2)CC(N(C)C)C3)nc1Nc1cccc(C(C)(C)O)n1. The monoisotopic (exact) mass is 475 g/mol. The summed E-state index contributed by atoms with van der Waals surface area (Å²) in [6.07, 6.45) is 3.55. The predicted octanol–water partition coefficient (Wildman–Crippen LogP) is 3.36. The number of nitrogens with zero attached hydrogens (tertiary/aromatic N) is 4. The van der Waals surface area contributed by atoms with Crippen molar-refractivity contribution in [3.05, 3.63) is 65.0 Å². The number of pyridine rings is 1. The maximum Gasteiger partial charge on any atom is 0.256 e. The Morgan fingerprint density at radius 3 is 2.60 bits per heavy atom. The van der Waals surface area contributed by atoms with Gasteiger partial charge in [0.05, 0.1) is 5.69 Å². The van der Waals surface area contributed by atoms with Crippen molar-refractivity contribution in [2.75, 3.05) is 31.3 Å². The number of aromatic nitrogens is 3. The van der Waals surface area contributed by atoms with E-state index in [1.807, 2.05) is 13.0 Å². The molecule has 1 aliphatic carbocycles. The Balaban J connectivity index is 1.61. The van der Waals surface area contributed by atoms with Crippen molar-refractivity contribution < 1.29 is 9.90 Å². The van der Waals surface area contributed by atoms with Gasteiger partial charge in [0.2, 0.25) is 5.95 Å². The number of hydrogen-bond donors (Lipinski definition) is 4. The first-order valence-electron chi connectivity index (χ1n) is 11.8. The summed E-state index contributed by atoms with van der Waals surface area (Å²) in [6, 6.07) is 12.1. The van der Waals surface area contributed by atoms with Crippen molar-refractivity contribution in [1.82, 2.24) is 25.2 Å². The normalized spacial score (nSPS) is 15.1. The van der Waals surface area contributed by atoms with Crippen LogP contribution in [0.5, 0.6) is 0 Å². The van der Waals surface area contributed by atoms with Crippen LogP contribution >= 0.6 is 0 Å². The fraction of sp³-hybridized carbons (Fsp3) is 0.385. The zero-order valence-electron chi connectivity index (χ0n) is 20.9. The van der Waals surface area contributed by atoms with Crippen molar-refractivity contribution in [1.29, 1.82) is 0 Å². The highest BCUT2D eigenvalue weighted by molar-refractivity contribution is 5.99. The predicted molar refractivity (Wildman–Crippen MR) is 137 cm³/mol. The van der Waals surface area contributed by atoms with Crippen molar-refractivity contribution in [3.8, 4) is 0 Å². The quantitative estimate of drug-likeness (QED) is 0.392. The lowest BCUT2D eigenvalue weighted by molar-refractivity contribution is 0.0740. The van der Waals surface area contributed by atoms with E-state index in [2.05, 4.69) is 62.0 Å². The van der Waals surface area contributed by atoms with Crippen molar-refractivity contribution >= 4 is 29.2 Å². The third kappa shape index (κ3) is 5.75. The van der Waals surface area contributed by atoms with Crippen LogP contribution in [0.2, 0.25) is 0 Å². The van der Waals surface area contributed by atoms with Crippen molar-refractivity contribution in [2.45, 2.75) is 45.3 Å². The summed E-state index contributed by atoms with van der Waals surface area (Å²) in [5, 5.41) is 19.5. The standard InChI is InChI=1S/C26H33N7O2/c1-6-27-24(34)20-15-28-25(29-18-11-10-16-13-19(33(4)5)14-17(16)12-18)32-23(20)31-22-9-7-8-21(30-22)26(2,3)35/h7-12,15,19,35H,6,13-14H2,1-5H3,(H,27,34)(H2,28,29,30,31,32). The summed E-state index contributed by atoms with van der Waals surface area (Å²) in [6.45, 7) is 5.67. The molecule has 1 atom stereocenters. The van der Waals surface area contributed by atoms with E-state index in [1.54, 1.807) is 32.0 Å². The van der Waals surface area contributed by atoms with Gasteiger partial charge in [-0.3, -0.25) is 4.79 Å². The molecule has 0 saturated carbocycles. The molecule has 0 spiro atoms. The fourth-order valence-electron chi connectivity index (χ4n) is 4.09. The molecule has 9 heteroatoms. The number of likely N-dealkylation sites (N-methyl/N-ethyl adjacent to an activating group) is 1. The molecule has 1 aliphatic rings. The highest BCUT2D eigenvalue weighted by Crippen LogP contribution is 2.29. The largest absolute Gasteiger partial charge is 0.384 e. The minimum Gasteiger partial charge on any atom is -0.384 e. The van der Waals surface area contributed by atoms with Crippen LogP contribution in [-0.2, 0) is 18.4 Å². The van der Waals surface area contributed by atoms with Crippen molar-refractivity contribution in [2.24, 2.45) is 0 Å². The van der Waals surface area contributed by atoms with E-state index in [0.29, 0.717) is 41.4 Å². The van der Waals surface area contributed by atoms with Crippen LogP contribution < -0.4 is 16.0 Å². The number of nitrogens with one attached hydrogen (secondary N) is 3. The molecule has 0 radical (unpaired) electrons. The first kappa shape index (κ1) is 24.6. The lowest BCUT2D eigenvalue weighted by Gasteiger charge is -2.18. The van der Waals surface area contributed by atoms with Crippen LogP contribution in [0.1, 0.15) is 48.0 Å². The Kier molecular flexibility index (Phi) is 7.00. The molecule has 2 aromatic heterocycles. The number of anilines is 4. The van der Waals surface area contributed by atoms with Crippen molar-refractivity contribution in [3.63, 3.8) is 0 Å². The van der Waals surface area contributed by atoms with Gasteiger partial charge in [-0.25, -0.2) is 9.97 Å². The number of carbonyl (C=O) groups is 1. The topological polar surface area (TPSA) is 115 Å². The van der Waals surface area contributed by atoms with E-state index >= 15 is 0 Å². The van der Waals surface area contributed by atoms with Gasteiger partial charge in [0, 0.05) is 24.5 Å². The molecular weight excluding hydrogens is 442 g/mol. The summed E-state index contributed by atoms with van der Waals surface area (Å²) in [5.41, 5.74) is 3.28. The van der Waals surface area contributed by atoms with Gasteiger partial charge in [-0.05, 0) is 83.1 Å². The fourth-order valence-corrected chi connectivity index (χ4v) is 4.09. The van der Waals surface area contributed by atoms with Gasteiger partial charge in [0.25, 0.3) is 5.91 Å². The molecular formula is C26H33N7O2. The van der Waals surface area contributed by atoms with E-state index in [9.17, 15) is 9.90 Å². The summed E-state index contributed by atoms with van der Waals surface area (Å²) in [4.78, 5) is 28.4. The summed E-state index contributed by atoms with van der Waals surface area (Å²) in [5.74, 6) is 0.864. The Bertz CT molecular complexity index is 1220. The van der Waals surface area contributed by atoms with Crippen LogP contribution in [0.25, 0.3) is 0 Å². The molecule has 1 amide bonds. The number of hydrogen-bond acceptors (Lipinski definition) is 8. The van der Waals surface area contributed by atoms with E-state index in [0.717, 1.165) is 18.5 Å². The second-order valence-electron chi connectivity index (χ2n) is 9.54. The van der Waals surface area contributed by atoms with E-state index in [-0.39, 0.29) is 5.91 Å². The average molecular weight is 476 g/mol. The first-order chi connectivity index (χ1) is 16.6. The van der Waals surface area contributed by atoms with Crippen LogP contribution in [0.15, 0.2) is 42.6 Å². The molecule has 35 heavy (non-hydrogen) atoms. The maximum absolute atomic E-state index is 12.6. The molecule has 184 valence electrons. The number of carbonyl (C=O) groups excluding carboxylic acids is 1. The molecule has 3 aromatic rings. The van der Waals surface area contributed by atoms with Gasteiger partial charge >= 0.3 is 0 Å².